The molecule has 0 aliphatic carbocycles. The second-order valence-corrected chi connectivity index (χ2v) is 7.52. The first-order valence-electron chi connectivity index (χ1n) is 8.61. The SMILES string of the molecule is COc1ccc(C2=Nc3cncnc3C2)cc1NC(=S)Nc1cc(Cl)cc(Cl)c1. The fourth-order valence-corrected chi connectivity index (χ4v) is 3.74. The van der Waals surface area contributed by atoms with Crippen LogP contribution in [-0.4, -0.2) is 27.9 Å². The number of anilines is 2. The fourth-order valence-electron chi connectivity index (χ4n) is 2.98. The van der Waals surface area contributed by atoms with Gasteiger partial charge in [0.15, 0.2) is 5.11 Å². The lowest BCUT2D eigenvalue weighted by atomic mass is 10.1. The molecule has 0 fully saturated rings. The zero-order chi connectivity index (χ0) is 20.4. The van der Waals surface area contributed by atoms with Crippen molar-refractivity contribution in [2.24, 2.45) is 4.99 Å². The van der Waals surface area contributed by atoms with Crippen molar-refractivity contribution in [1.29, 1.82) is 0 Å². The molecule has 0 saturated carbocycles. The summed E-state index contributed by atoms with van der Waals surface area (Å²) in [5, 5.41) is 7.65. The Balaban J connectivity index is 1.55. The van der Waals surface area contributed by atoms with E-state index >= 15 is 0 Å². The molecule has 0 atom stereocenters. The number of aromatic nitrogens is 2. The highest BCUT2D eigenvalue weighted by atomic mass is 35.5. The highest BCUT2D eigenvalue weighted by molar-refractivity contribution is 7.80. The molecule has 0 unspecified atom stereocenters. The molecule has 2 N–H and O–H groups in total. The third kappa shape index (κ3) is 4.48. The Labute approximate surface area is 183 Å². The van der Waals surface area contributed by atoms with Crippen molar-refractivity contribution in [3.63, 3.8) is 0 Å². The van der Waals surface area contributed by atoms with E-state index in [9.17, 15) is 0 Å². The summed E-state index contributed by atoms with van der Waals surface area (Å²) in [7, 11) is 1.60. The quantitative estimate of drug-likeness (QED) is 0.534. The summed E-state index contributed by atoms with van der Waals surface area (Å²) in [5.41, 5.74) is 4.95. The van der Waals surface area contributed by atoms with Gasteiger partial charge in [0.1, 0.15) is 17.8 Å². The number of halogens is 2. The molecule has 6 nitrogen and oxygen atoms in total. The predicted octanol–water partition coefficient (Wildman–Crippen LogP) is 5.28. The molecule has 0 amide bonds. The van der Waals surface area contributed by atoms with Gasteiger partial charge in [-0.15, -0.1) is 0 Å². The summed E-state index contributed by atoms with van der Waals surface area (Å²) in [6, 6.07) is 10.9. The van der Waals surface area contributed by atoms with E-state index in [4.69, 9.17) is 40.2 Å². The van der Waals surface area contributed by atoms with Crippen molar-refractivity contribution >= 4 is 63.3 Å². The monoisotopic (exact) mass is 443 g/mol. The van der Waals surface area contributed by atoms with Crippen LogP contribution in [0, 0.1) is 0 Å². The summed E-state index contributed by atoms with van der Waals surface area (Å²) in [4.78, 5) is 12.9. The molecule has 2 aromatic carbocycles. The number of rotatable bonds is 4. The molecule has 1 aromatic heterocycles. The van der Waals surface area contributed by atoms with E-state index in [1.807, 2.05) is 18.2 Å². The second kappa shape index (κ2) is 8.32. The molecule has 1 aliphatic rings. The van der Waals surface area contributed by atoms with E-state index in [0.717, 1.165) is 22.7 Å². The number of hydrogen-bond donors (Lipinski definition) is 2. The molecule has 0 bridgehead atoms. The molecule has 3 aromatic rings. The molecular weight excluding hydrogens is 429 g/mol. The molecule has 4 rings (SSSR count). The van der Waals surface area contributed by atoms with E-state index < -0.39 is 0 Å². The lowest BCUT2D eigenvalue weighted by molar-refractivity contribution is 0.417. The Bertz CT molecular complexity index is 1120. The van der Waals surface area contributed by atoms with Crippen LogP contribution in [0.2, 0.25) is 10.0 Å². The zero-order valence-electron chi connectivity index (χ0n) is 15.2. The molecule has 1 aliphatic heterocycles. The second-order valence-electron chi connectivity index (χ2n) is 6.24. The van der Waals surface area contributed by atoms with Crippen LogP contribution in [0.4, 0.5) is 17.1 Å². The maximum absolute atomic E-state index is 6.04. The van der Waals surface area contributed by atoms with Crippen LogP contribution in [0.3, 0.4) is 0 Å². The van der Waals surface area contributed by atoms with Crippen molar-refractivity contribution < 1.29 is 4.74 Å². The minimum absolute atomic E-state index is 0.376. The Morgan fingerprint density at radius 2 is 1.90 bits per heavy atom. The van der Waals surface area contributed by atoms with Crippen LogP contribution < -0.4 is 15.4 Å². The number of nitrogens with zero attached hydrogens (tertiary/aromatic N) is 3. The number of nitrogens with one attached hydrogen (secondary N) is 2. The Morgan fingerprint density at radius 3 is 2.62 bits per heavy atom. The number of aliphatic imine (C=N–C) groups is 1. The van der Waals surface area contributed by atoms with E-state index in [0.29, 0.717) is 38.7 Å². The van der Waals surface area contributed by atoms with Crippen LogP contribution >= 0.6 is 35.4 Å². The minimum atomic E-state index is 0.376. The molecule has 29 heavy (non-hydrogen) atoms. The zero-order valence-corrected chi connectivity index (χ0v) is 17.6. The van der Waals surface area contributed by atoms with E-state index in [2.05, 4.69) is 25.6 Å². The maximum atomic E-state index is 6.04. The van der Waals surface area contributed by atoms with Gasteiger partial charge < -0.3 is 15.4 Å². The summed E-state index contributed by atoms with van der Waals surface area (Å²) >= 11 is 17.5. The Hall–Kier alpha value is -2.74. The Morgan fingerprint density at radius 1 is 1.10 bits per heavy atom. The predicted molar refractivity (Wildman–Crippen MR) is 121 cm³/mol. The summed E-state index contributed by atoms with van der Waals surface area (Å²) in [6.45, 7) is 0. The molecule has 2 heterocycles. The van der Waals surface area contributed by atoms with Crippen LogP contribution in [0.1, 0.15) is 11.3 Å². The Kier molecular flexibility index (Phi) is 5.62. The summed E-state index contributed by atoms with van der Waals surface area (Å²) in [5.74, 6) is 0.651. The number of ether oxygens (including phenoxy) is 1. The summed E-state index contributed by atoms with van der Waals surface area (Å²) in [6.07, 6.45) is 3.89. The van der Waals surface area contributed by atoms with Gasteiger partial charge in [-0.1, -0.05) is 23.2 Å². The van der Waals surface area contributed by atoms with Crippen LogP contribution in [0.15, 0.2) is 53.9 Å². The van der Waals surface area contributed by atoms with E-state index in [1.165, 1.54) is 6.33 Å². The van der Waals surface area contributed by atoms with Gasteiger partial charge in [-0.25, -0.2) is 15.0 Å². The third-order valence-corrected chi connectivity index (χ3v) is 4.90. The van der Waals surface area contributed by atoms with Crippen LogP contribution in [-0.2, 0) is 6.42 Å². The number of benzene rings is 2. The third-order valence-electron chi connectivity index (χ3n) is 4.26. The molecule has 9 heteroatoms. The van der Waals surface area contributed by atoms with Gasteiger partial charge in [-0.05, 0) is 54.2 Å². The van der Waals surface area contributed by atoms with Gasteiger partial charge in [0.25, 0.3) is 0 Å². The van der Waals surface area contributed by atoms with Crippen molar-refractivity contribution in [3.05, 3.63) is 70.2 Å². The highest BCUT2D eigenvalue weighted by Gasteiger charge is 2.18. The number of fused-ring (bicyclic) bond motifs is 1. The molecule has 0 saturated heterocycles. The first kappa shape index (κ1) is 19.6. The first-order valence-corrected chi connectivity index (χ1v) is 9.77. The van der Waals surface area contributed by atoms with E-state index in [-0.39, 0.29) is 0 Å². The standard InChI is InChI=1S/C20H15Cl2N5OS/c1-28-19-3-2-11(15-8-16-18(26-15)9-23-10-24-16)4-17(19)27-20(29)25-14-6-12(21)5-13(22)7-14/h2-7,9-10H,8H2,1H3,(H2,25,27,29). The molecule has 146 valence electrons. The number of methoxy groups -OCH3 is 1. The van der Waals surface area contributed by atoms with Gasteiger partial charge in [0, 0.05) is 22.2 Å². The van der Waals surface area contributed by atoms with Crippen molar-refractivity contribution in [2.45, 2.75) is 6.42 Å². The fraction of sp³-hybridized carbons (Fsp3) is 0.100. The smallest absolute Gasteiger partial charge is 0.175 e. The van der Waals surface area contributed by atoms with Gasteiger partial charge in [0.05, 0.1) is 30.4 Å². The average molecular weight is 444 g/mol. The largest absolute Gasteiger partial charge is 0.495 e. The molecular formula is C20H15Cl2N5OS. The van der Waals surface area contributed by atoms with Gasteiger partial charge in [-0.2, -0.15) is 0 Å². The van der Waals surface area contributed by atoms with Crippen molar-refractivity contribution in [3.8, 4) is 5.75 Å². The molecule has 0 spiro atoms. The maximum Gasteiger partial charge on any atom is 0.175 e. The van der Waals surface area contributed by atoms with E-state index in [1.54, 1.807) is 31.5 Å². The number of hydrogen-bond acceptors (Lipinski definition) is 5. The topological polar surface area (TPSA) is 71.4 Å². The lowest BCUT2D eigenvalue weighted by Gasteiger charge is -2.15. The molecule has 0 radical (unpaired) electrons. The first-order chi connectivity index (χ1) is 14.0. The lowest BCUT2D eigenvalue weighted by Crippen LogP contribution is -2.19. The van der Waals surface area contributed by atoms with Crippen LogP contribution in [0.25, 0.3) is 0 Å². The van der Waals surface area contributed by atoms with Crippen molar-refractivity contribution in [1.82, 2.24) is 9.97 Å². The van der Waals surface area contributed by atoms with Crippen molar-refractivity contribution in [2.75, 3.05) is 17.7 Å². The van der Waals surface area contributed by atoms with Gasteiger partial charge in [-0.3, -0.25) is 0 Å². The summed E-state index contributed by atoms with van der Waals surface area (Å²) < 4.78 is 5.46. The number of thiocarbonyl (C=S) groups is 1. The highest BCUT2D eigenvalue weighted by Crippen LogP contribution is 2.31. The van der Waals surface area contributed by atoms with Gasteiger partial charge in [0.2, 0.25) is 0 Å². The normalized spacial score (nSPS) is 12.2. The minimum Gasteiger partial charge on any atom is -0.495 e. The van der Waals surface area contributed by atoms with Crippen LogP contribution in [0.5, 0.6) is 5.75 Å². The average Bonchev–Trinajstić information content (AvgIpc) is 3.11. The van der Waals surface area contributed by atoms with Gasteiger partial charge >= 0.3 is 0 Å².